The van der Waals surface area contributed by atoms with E-state index in [9.17, 15) is 9.18 Å². The van der Waals surface area contributed by atoms with Gasteiger partial charge < -0.3 is 5.32 Å². The second-order valence-corrected chi connectivity index (χ2v) is 4.63. The molecular weight excluding hydrogens is 231 g/mol. The number of rotatable bonds is 4. The zero-order chi connectivity index (χ0) is 13.0. The van der Waals surface area contributed by atoms with Crippen molar-refractivity contribution in [1.82, 2.24) is 10.2 Å². The second kappa shape index (κ2) is 5.96. The number of hydrogen-bond acceptors (Lipinski definition) is 2. The maximum Gasteiger partial charge on any atom is 0.237 e. The molecule has 0 aromatic heterocycles. The molecule has 1 atom stereocenters. The van der Waals surface area contributed by atoms with Gasteiger partial charge in [-0.25, -0.2) is 4.39 Å². The number of nitrogens with zero attached hydrogens (tertiary/aromatic N) is 1. The summed E-state index contributed by atoms with van der Waals surface area (Å²) in [4.78, 5) is 14.2. The van der Waals surface area contributed by atoms with Crippen molar-refractivity contribution in [2.75, 3.05) is 13.1 Å². The third kappa shape index (κ3) is 3.07. The molecule has 1 unspecified atom stereocenters. The lowest BCUT2D eigenvalue weighted by Crippen LogP contribution is -2.42. The van der Waals surface area contributed by atoms with Crippen molar-refractivity contribution in [1.29, 1.82) is 0 Å². The minimum atomic E-state index is -0.252. The van der Waals surface area contributed by atoms with Crippen LogP contribution >= 0.6 is 0 Å². The molecule has 0 bridgehead atoms. The van der Waals surface area contributed by atoms with Crippen LogP contribution in [0.3, 0.4) is 0 Å². The first-order valence-electron chi connectivity index (χ1n) is 6.47. The van der Waals surface area contributed by atoms with E-state index < -0.39 is 0 Å². The Kier molecular flexibility index (Phi) is 4.31. The quantitative estimate of drug-likeness (QED) is 0.885. The summed E-state index contributed by atoms with van der Waals surface area (Å²) in [5.74, 6) is -0.170. The first-order valence-corrected chi connectivity index (χ1v) is 6.47. The van der Waals surface area contributed by atoms with E-state index in [-0.39, 0.29) is 17.8 Å². The molecule has 1 aromatic rings. The maximum atomic E-state index is 12.7. The van der Waals surface area contributed by atoms with E-state index in [4.69, 9.17) is 0 Å². The van der Waals surface area contributed by atoms with E-state index in [1.807, 2.05) is 0 Å². The Labute approximate surface area is 107 Å². The van der Waals surface area contributed by atoms with Gasteiger partial charge in [-0.1, -0.05) is 19.1 Å². The number of halogens is 1. The highest BCUT2D eigenvalue weighted by Gasteiger charge is 2.28. The van der Waals surface area contributed by atoms with Crippen LogP contribution in [0.2, 0.25) is 0 Å². The van der Waals surface area contributed by atoms with Gasteiger partial charge in [0.2, 0.25) is 5.91 Å². The van der Waals surface area contributed by atoms with E-state index in [0.29, 0.717) is 6.54 Å². The lowest BCUT2D eigenvalue weighted by atomic mass is 10.2. The predicted octanol–water partition coefficient (Wildman–Crippen LogP) is 1.93. The Morgan fingerprint density at radius 1 is 1.44 bits per heavy atom. The SMILES string of the molecule is CCN1CCCC1C(=O)NCc1ccc(F)cc1. The molecule has 18 heavy (non-hydrogen) atoms. The van der Waals surface area contributed by atoms with Crippen molar-refractivity contribution in [3.63, 3.8) is 0 Å². The topological polar surface area (TPSA) is 32.3 Å². The molecule has 1 aromatic carbocycles. The molecular formula is C14H19FN2O. The predicted molar refractivity (Wildman–Crippen MR) is 68.5 cm³/mol. The largest absolute Gasteiger partial charge is 0.351 e. The summed E-state index contributed by atoms with van der Waals surface area (Å²) in [6, 6.07) is 6.23. The summed E-state index contributed by atoms with van der Waals surface area (Å²) in [5, 5.41) is 2.92. The average Bonchev–Trinajstić information content (AvgIpc) is 2.86. The van der Waals surface area contributed by atoms with Crippen molar-refractivity contribution in [3.05, 3.63) is 35.6 Å². The molecule has 1 fully saturated rings. The highest BCUT2D eigenvalue weighted by molar-refractivity contribution is 5.82. The minimum Gasteiger partial charge on any atom is -0.351 e. The summed E-state index contributed by atoms with van der Waals surface area (Å²) in [5.41, 5.74) is 0.922. The van der Waals surface area contributed by atoms with E-state index in [0.717, 1.165) is 31.5 Å². The fraction of sp³-hybridized carbons (Fsp3) is 0.500. The minimum absolute atomic E-state index is 0.00967. The number of nitrogens with one attached hydrogen (secondary N) is 1. The van der Waals surface area contributed by atoms with Gasteiger partial charge in [0.25, 0.3) is 0 Å². The van der Waals surface area contributed by atoms with Gasteiger partial charge >= 0.3 is 0 Å². The standard InChI is InChI=1S/C14H19FN2O/c1-2-17-9-3-4-13(17)14(18)16-10-11-5-7-12(15)8-6-11/h5-8,13H,2-4,9-10H2,1H3,(H,16,18). The maximum absolute atomic E-state index is 12.7. The molecule has 3 nitrogen and oxygen atoms in total. The highest BCUT2D eigenvalue weighted by atomic mass is 19.1. The smallest absolute Gasteiger partial charge is 0.237 e. The molecule has 1 amide bonds. The third-order valence-corrected chi connectivity index (χ3v) is 3.45. The zero-order valence-corrected chi connectivity index (χ0v) is 10.7. The molecule has 1 saturated heterocycles. The van der Waals surface area contributed by atoms with Crippen LogP contribution in [-0.2, 0) is 11.3 Å². The normalized spacial score (nSPS) is 20.0. The number of likely N-dealkylation sites (tertiary alicyclic amines) is 1. The Morgan fingerprint density at radius 3 is 2.83 bits per heavy atom. The van der Waals surface area contributed by atoms with Crippen LogP contribution in [0.5, 0.6) is 0 Å². The molecule has 2 rings (SSSR count). The third-order valence-electron chi connectivity index (χ3n) is 3.45. The zero-order valence-electron chi connectivity index (χ0n) is 10.7. The van der Waals surface area contributed by atoms with Crippen molar-refractivity contribution in [2.24, 2.45) is 0 Å². The molecule has 1 aliphatic rings. The number of carbonyl (C=O) groups excluding carboxylic acids is 1. The van der Waals surface area contributed by atoms with Gasteiger partial charge in [0.05, 0.1) is 6.04 Å². The van der Waals surface area contributed by atoms with E-state index in [1.54, 1.807) is 12.1 Å². The molecule has 1 heterocycles. The Hall–Kier alpha value is -1.42. The monoisotopic (exact) mass is 250 g/mol. The van der Waals surface area contributed by atoms with E-state index in [2.05, 4.69) is 17.1 Å². The molecule has 4 heteroatoms. The lowest BCUT2D eigenvalue weighted by Gasteiger charge is -2.21. The number of carbonyl (C=O) groups is 1. The van der Waals surface area contributed by atoms with E-state index >= 15 is 0 Å². The van der Waals surface area contributed by atoms with Crippen LogP contribution < -0.4 is 5.32 Å². The Balaban J connectivity index is 1.86. The number of benzene rings is 1. The molecule has 0 radical (unpaired) electrons. The second-order valence-electron chi connectivity index (χ2n) is 4.63. The summed E-state index contributed by atoms with van der Waals surface area (Å²) < 4.78 is 12.7. The molecule has 1 aliphatic heterocycles. The molecule has 0 aliphatic carbocycles. The van der Waals surface area contributed by atoms with Crippen molar-refractivity contribution in [3.8, 4) is 0 Å². The summed E-state index contributed by atoms with van der Waals surface area (Å²) in [7, 11) is 0. The van der Waals surface area contributed by atoms with Gasteiger partial charge in [0.1, 0.15) is 5.82 Å². The summed E-state index contributed by atoms with van der Waals surface area (Å²) in [6.07, 6.45) is 2.02. The Morgan fingerprint density at radius 2 is 2.17 bits per heavy atom. The van der Waals surface area contributed by atoms with Gasteiger partial charge in [0, 0.05) is 6.54 Å². The summed E-state index contributed by atoms with van der Waals surface area (Å²) >= 11 is 0. The summed E-state index contributed by atoms with van der Waals surface area (Å²) in [6.45, 7) is 4.46. The fourth-order valence-electron chi connectivity index (χ4n) is 2.41. The van der Waals surface area contributed by atoms with Gasteiger partial charge in [-0.3, -0.25) is 9.69 Å². The van der Waals surface area contributed by atoms with Crippen LogP contribution in [0.4, 0.5) is 4.39 Å². The van der Waals surface area contributed by atoms with Crippen molar-refractivity contribution < 1.29 is 9.18 Å². The van der Waals surface area contributed by atoms with Crippen LogP contribution in [0, 0.1) is 5.82 Å². The molecule has 98 valence electrons. The first-order chi connectivity index (χ1) is 8.70. The van der Waals surface area contributed by atoms with Crippen LogP contribution in [0.1, 0.15) is 25.3 Å². The Bertz CT molecular complexity index is 405. The van der Waals surface area contributed by atoms with Crippen molar-refractivity contribution in [2.45, 2.75) is 32.4 Å². The first kappa shape index (κ1) is 13.0. The fourth-order valence-corrected chi connectivity index (χ4v) is 2.41. The number of likely N-dealkylation sites (N-methyl/N-ethyl adjacent to an activating group) is 1. The van der Waals surface area contributed by atoms with E-state index in [1.165, 1.54) is 12.1 Å². The number of hydrogen-bond donors (Lipinski definition) is 1. The molecule has 0 spiro atoms. The van der Waals surface area contributed by atoms with Gasteiger partial charge in [-0.15, -0.1) is 0 Å². The lowest BCUT2D eigenvalue weighted by molar-refractivity contribution is -0.125. The highest BCUT2D eigenvalue weighted by Crippen LogP contribution is 2.16. The average molecular weight is 250 g/mol. The van der Waals surface area contributed by atoms with Gasteiger partial charge in [-0.05, 0) is 43.6 Å². The van der Waals surface area contributed by atoms with Crippen molar-refractivity contribution >= 4 is 5.91 Å². The molecule has 1 N–H and O–H groups in total. The van der Waals surface area contributed by atoms with Gasteiger partial charge in [-0.2, -0.15) is 0 Å². The van der Waals surface area contributed by atoms with Gasteiger partial charge in [0.15, 0.2) is 0 Å². The van der Waals surface area contributed by atoms with Crippen LogP contribution in [-0.4, -0.2) is 29.9 Å². The number of amides is 1. The van der Waals surface area contributed by atoms with Crippen LogP contribution in [0.15, 0.2) is 24.3 Å². The molecule has 0 saturated carbocycles. The van der Waals surface area contributed by atoms with Crippen LogP contribution in [0.25, 0.3) is 0 Å².